The normalized spacial score (nSPS) is 11.0. The summed E-state index contributed by atoms with van der Waals surface area (Å²) in [5.41, 5.74) is 1.24. The van der Waals surface area contributed by atoms with Gasteiger partial charge in [0.2, 0.25) is 0 Å². The molecule has 1 aromatic heterocycles. The van der Waals surface area contributed by atoms with Crippen LogP contribution < -0.4 is 14.8 Å². The minimum absolute atomic E-state index is 0.0533. The van der Waals surface area contributed by atoms with Gasteiger partial charge in [-0.15, -0.1) is 10.2 Å². The number of aromatic nitrogens is 3. The molecular formula is C17H17N5O4S. The highest BCUT2D eigenvalue weighted by Gasteiger charge is 2.22. The second kappa shape index (κ2) is 7.46. The predicted molar refractivity (Wildman–Crippen MR) is 99.3 cm³/mol. The number of amides is 1. The number of anilines is 2. The Morgan fingerprint density at radius 1 is 1.04 bits per heavy atom. The van der Waals surface area contributed by atoms with Crippen LogP contribution in [-0.2, 0) is 10.0 Å². The predicted octanol–water partition coefficient (Wildman–Crippen LogP) is 2.17. The minimum Gasteiger partial charge on any atom is -0.497 e. The summed E-state index contributed by atoms with van der Waals surface area (Å²) in [6, 6.07) is 12.9. The van der Waals surface area contributed by atoms with Crippen LogP contribution in [0.4, 0.5) is 11.5 Å². The van der Waals surface area contributed by atoms with E-state index in [0.717, 1.165) is 5.56 Å². The topological polar surface area (TPSA) is 126 Å². The highest BCUT2D eigenvalue weighted by Crippen LogP contribution is 2.19. The van der Waals surface area contributed by atoms with Gasteiger partial charge in [-0.05, 0) is 43.3 Å². The number of nitrogens with one attached hydrogen (secondary N) is 3. The first-order valence-electron chi connectivity index (χ1n) is 7.85. The van der Waals surface area contributed by atoms with Crippen LogP contribution in [0.15, 0.2) is 53.4 Å². The zero-order valence-corrected chi connectivity index (χ0v) is 15.4. The van der Waals surface area contributed by atoms with Gasteiger partial charge in [-0.1, -0.05) is 17.7 Å². The molecule has 0 saturated heterocycles. The number of carbonyl (C=O) groups is 1. The summed E-state index contributed by atoms with van der Waals surface area (Å²) in [4.78, 5) is 12.5. The lowest BCUT2D eigenvalue weighted by atomic mass is 10.2. The molecule has 9 nitrogen and oxygen atoms in total. The van der Waals surface area contributed by atoms with Crippen LogP contribution in [0.25, 0.3) is 0 Å². The van der Waals surface area contributed by atoms with E-state index >= 15 is 0 Å². The molecule has 0 aliphatic carbocycles. The Hall–Kier alpha value is -3.40. The number of carbonyl (C=O) groups excluding carboxylic acids is 1. The molecule has 0 saturated carbocycles. The Morgan fingerprint density at radius 3 is 2.33 bits per heavy atom. The van der Waals surface area contributed by atoms with Crippen LogP contribution in [-0.4, -0.2) is 36.8 Å². The molecule has 1 heterocycles. The smallest absolute Gasteiger partial charge is 0.280 e. The van der Waals surface area contributed by atoms with Crippen molar-refractivity contribution in [1.29, 1.82) is 0 Å². The van der Waals surface area contributed by atoms with Gasteiger partial charge in [0.05, 0.1) is 12.0 Å². The quantitative estimate of drug-likeness (QED) is 0.595. The molecule has 0 unspecified atom stereocenters. The average Bonchev–Trinajstić information content (AvgIpc) is 3.10. The third-order valence-electron chi connectivity index (χ3n) is 3.67. The number of sulfonamides is 1. The Kier molecular flexibility index (Phi) is 5.08. The molecule has 0 bridgehead atoms. The summed E-state index contributed by atoms with van der Waals surface area (Å²) in [7, 11) is -2.37. The number of hydrogen-bond acceptors (Lipinski definition) is 6. The van der Waals surface area contributed by atoms with E-state index in [4.69, 9.17) is 4.74 Å². The highest BCUT2D eigenvalue weighted by atomic mass is 32.2. The van der Waals surface area contributed by atoms with Gasteiger partial charge in [0.1, 0.15) is 5.75 Å². The fourth-order valence-electron chi connectivity index (χ4n) is 2.23. The van der Waals surface area contributed by atoms with E-state index in [2.05, 4.69) is 25.4 Å². The summed E-state index contributed by atoms with van der Waals surface area (Å²) < 4.78 is 32.3. The fourth-order valence-corrected chi connectivity index (χ4v) is 3.24. The van der Waals surface area contributed by atoms with E-state index in [-0.39, 0.29) is 16.4 Å². The Labute approximate surface area is 155 Å². The first-order valence-corrected chi connectivity index (χ1v) is 9.33. The van der Waals surface area contributed by atoms with Crippen LogP contribution >= 0.6 is 0 Å². The number of nitrogens with zero attached hydrogens (tertiary/aromatic N) is 2. The van der Waals surface area contributed by atoms with Gasteiger partial charge >= 0.3 is 0 Å². The summed E-state index contributed by atoms with van der Waals surface area (Å²) >= 11 is 0. The molecule has 0 radical (unpaired) electrons. The molecule has 140 valence electrons. The minimum atomic E-state index is -3.91. The van der Waals surface area contributed by atoms with Crippen molar-refractivity contribution in [3.63, 3.8) is 0 Å². The van der Waals surface area contributed by atoms with Crippen LogP contribution in [0.3, 0.4) is 0 Å². The lowest BCUT2D eigenvalue weighted by molar-refractivity contribution is 0.102. The van der Waals surface area contributed by atoms with Crippen molar-refractivity contribution in [1.82, 2.24) is 15.4 Å². The number of methoxy groups -OCH3 is 1. The second-order valence-corrected chi connectivity index (χ2v) is 7.30. The van der Waals surface area contributed by atoms with Crippen molar-refractivity contribution in [2.24, 2.45) is 0 Å². The maximum absolute atomic E-state index is 12.5. The van der Waals surface area contributed by atoms with Gasteiger partial charge in [0.25, 0.3) is 15.9 Å². The van der Waals surface area contributed by atoms with Crippen LogP contribution in [0, 0.1) is 6.92 Å². The average molecular weight is 387 g/mol. The maximum atomic E-state index is 12.5. The Bertz CT molecular complexity index is 1040. The number of aromatic amines is 1. The Morgan fingerprint density at radius 2 is 1.70 bits per heavy atom. The summed E-state index contributed by atoms with van der Waals surface area (Å²) in [6.45, 7) is 1.85. The number of H-pyrrole nitrogens is 1. The van der Waals surface area contributed by atoms with E-state index in [0.29, 0.717) is 11.4 Å². The van der Waals surface area contributed by atoms with E-state index in [1.165, 1.54) is 19.2 Å². The van der Waals surface area contributed by atoms with E-state index in [1.54, 1.807) is 36.4 Å². The van der Waals surface area contributed by atoms with Crippen LogP contribution in [0.2, 0.25) is 0 Å². The fraction of sp³-hybridized carbons (Fsp3) is 0.118. The van der Waals surface area contributed by atoms with Gasteiger partial charge in [-0.25, -0.2) is 8.42 Å². The van der Waals surface area contributed by atoms with Crippen molar-refractivity contribution >= 4 is 27.4 Å². The monoisotopic (exact) mass is 387 g/mol. The molecular weight excluding hydrogens is 370 g/mol. The van der Waals surface area contributed by atoms with Crippen molar-refractivity contribution in [2.75, 3.05) is 17.1 Å². The van der Waals surface area contributed by atoms with Crippen LogP contribution in [0.1, 0.15) is 16.1 Å². The first kappa shape index (κ1) is 18.4. The molecule has 3 N–H and O–H groups in total. The van der Waals surface area contributed by atoms with Crippen molar-refractivity contribution in [3.05, 3.63) is 59.8 Å². The molecule has 0 spiro atoms. The van der Waals surface area contributed by atoms with E-state index in [9.17, 15) is 13.2 Å². The van der Waals surface area contributed by atoms with Crippen LogP contribution in [0.5, 0.6) is 5.75 Å². The zero-order chi connectivity index (χ0) is 19.4. The Balaban J connectivity index is 1.78. The highest BCUT2D eigenvalue weighted by molar-refractivity contribution is 7.92. The lowest BCUT2D eigenvalue weighted by Gasteiger charge is -2.08. The molecule has 0 aliphatic heterocycles. The third kappa shape index (κ3) is 4.23. The van der Waals surface area contributed by atoms with E-state index < -0.39 is 15.9 Å². The van der Waals surface area contributed by atoms with Crippen molar-refractivity contribution in [2.45, 2.75) is 11.8 Å². The third-order valence-corrected chi connectivity index (χ3v) is 5.03. The largest absolute Gasteiger partial charge is 0.497 e. The summed E-state index contributed by atoms with van der Waals surface area (Å²) in [5.74, 6) is -0.168. The standard InChI is InChI=1S/C17H17N5O4S/c1-11-3-9-14(10-4-11)27(24,25)21-16-15(19-22-20-16)17(23)18-12-5-7-13(26-2)8-6-12/h3-10H,1-2H3,(H,18,23)(H2,19,20,21,22). The molecule has 3 aromatic rings. The van der Waals surface area contributed by atoms with Gasteiger partial charge in [-0.3, -0.25) is 9.52 Å². The molecule has 0 fully saturated rings. The number of benzene rings is 2. The molecule has 3 rings (SSSR count). The molecule has 0 aliphatic rings. The van der Waals surface area contributed by atoms with Gasteiger partial charge < -0.3 is 10.1 Å². The number of ether oxygens (including phenoxy) is 1. The number of aryl methyl sites for hydroxylation is 1. The summed E-state index contributed by atoms with van der Waals surface area (Å²) in [6.07, 6.45) is 0. The van der Waals surface area contributed by atoms with Gasteiger partial charge in [0.15, 0.2) is 11.5 Å². The molecule has 10 heteroatoms. The molecule has 0 atom stereocenters. The second-order valence-electron chi connectivity index (χ2n) is 5.62. The maximum Gasteiger partial charge on any atom is 0.280 e. The van der Waals surface area contributed by atoms with Gasteiger partial charge in [0, 0.05) is 5.69 Å². The molecule has 27 heavy (non-hydrogen) atoms. The first-order chi connectivity index (χ1) is 12.9. The van der Waals surface area contributed by atoms with Gasteiger partial charge in [-0.2, -0.15) is 5.21 Å². The SMILES string of the molecule is COc1ccc(NC(=O)c2n[nH]nc2NS(=O)(=O)c2ccc(C)cc2)cc1. The van der Waals surface area contributed by atoms with Crippen molar-refractivity contribution < 1.29 is 17.9 Å². The number of hydrogen-bond donors (Lipinski definition) is 3. The van der Waals surface area contributed by atoms with Crippen molar-refractivity contribution in [3.8, 4) is 5.75 Å². The van der Waals surface area contributed by atoms with E-state index in [1.807, 2.05) is 6.92 Å². The summed E-state index contributed by atoms with van der Waals surface area (Å²) in [5, 5.41) is 12.3. The lowest BCUT2D eigenvalue weighted by Crippen LogP contribution is -2.18. The molecule has 2 aromatic carbocycles. The molecule has 1 amide bonds. The zero-order valence-electron chi connectivity index (χ0n) is 14.6. The number of rotatable bonds is 6.